The molecule has 0 unspecified atom stereocenters. The molecule has 3 aromatic heterocycles. The van der Waals surface area contributed by atoms with Crippen LogP contribution in [0.1, 0.15) is 41.6 Å². The highest BCUT2D eigenvalue weighted by Crippen LogP contribution is 2.43. The molecule has 0 radical (unpaired) electrons. The Balaban J connectivity index is 1.38. The van der Waals surface area contributed by atoms with Gasteiger partial charge in [-0.1, -0.05) is 24.3 Å². The molecule has 6 rings (SSSR count). The van der Waals surface area contributed by atoms with E-state index in [0.29, 0.717) is 0 Å². The van der Waals surface area contributed by atoms with Gasteiger partial charge in [0.2, 0.25) is 5.95 Å². The highest BCUT2D eigenvalue weighted by Gasteiger charge is 2.33. The Kier molecular flexibility index (Phi) is 4.66. The lowest BCUT2D eigenvalue weighted by Crippen LogP contribution is -2.44. The van der Waals surface area contributed by atoms with Gasteiger partial charge in [0.25, 0.3) is 0 Å². The van der Waals surface area contributed by atoms with E-state index in [-0.39, 0.29) is 12.2 Å². The van der Waals surface area contributed by atoms with Crippen LogP contribution in [0.5, 0.6) is 0 Å². The zero-order chi connectivity index (χ0) is 21.7. The number of rotatable bonds is 3. The van der Waals surface area contributed by atoms with Crippen LogP contribution in [0.2, 0.25) is 0 Å². The Hall–Kier alpha value is -3.29. The number of piperazine rings is 1. The minimum absolute atomic E-state index is 0.0651. The maximum Gasteiger partial charge on any atom is 0.225 e. The molecule has 2 atom stereocenters. The number of pyridine rings is 1. The number of aryl methyl sites for hydroxylation is 1. The second-order valence-corrected chi connectivity index (χ2v) is 8.52. The first-order chi connectivity index (χ1) is 15.7. The third kappa shape index (κ3) is 3.16. The van der Waals surface area contributed by atoms with E-state index >= 15 is 0 Å². The Morgan fingerprint density at radius 3 is 2.50 bits per heavy atom. The summed E-state index contributed by atoms with van der Waals surface area (Å²) in [6.07, 6.45) is 5.90. The summed E-state index contributed by atoms with van der Waals surface area (Å²) in [5, 5.41) is 3.36. The fourth-order valence-corrected chi connectivity index (χ4v) is 4.85. The average Bonchev–Trinajstić information content (AvgIpc) is 3.35. The van der Waals surface area contributed by atoms with Crippen molar-refractivity contribution in [1.29, 1.82) is 0 Å². The molecule has 1 fully saturated rings. The fraction of sp³-hybridized carbons (Fsp3) is 0.320. The summed E-state index contributed by atoms with van der Waals surface area (Å²) < 4.78 is 8.56. The van der Waals surface area contributed by atoms with Gasteiger partial charge in [0.15, 0.2) is 0 Å². The number of imidazole rings is 1. The van der Waals surface area contributed by atoms with Crippen LogP contribution in [0.25, 0.3) is 16.8 Å². The van der Waals surface area contributed by atoms with E-state index in [1.165, 1.54) is 11.1 Å². The van der Waals surface area contributed by atoms with Gasteiger partial charge in [-0.15, -0.1) is 0 Å². The van der Waals surface area contributed by atoms with Crippen molar-refractivity contribution in [3.05, 3.63) is 77.5 Å². The van der Waals surface area contributed by atoms with Gasteiger partial charge >= 0.3 is 0 Å². The number of anilines is 1. The standard InChI is InChI=1S/C25H26N6O/c1-16-23(24-21-6-4-3-5-20(21)17(2)32-24)31-15-18(7-8-22(31)29-16)19-13-27-25(28-14-19)30-11-9-26-10-12-30/h3-8,13-15,17,24,26H,9-12H2,1-2H3/t17-,24-/m0/s1. The van der Waals surface area contributed by atoms with Crippen molar-refractivity contribution in [2.24, 2.45) is 0 Å². The zero-order valence-electron chi connectivity index (χ0n) is 18.3. The zero-order valence-corrected chi connectivity index (χ0v) is 18.3. The molecule has 1 aromatic carbocycles. The van der Waals surface area contributed by atoms with Crippen molar-refractivity contribution < 1.29 is 4.74 Å². The first-order valence-electron chi connectivity index (χ1n) is 11.2. The number of nitrogens with zero attached hydrogens (tertiary/aromatic N) is 5. The summed E-state index contributed by atoms with van der Waals surface area (Å²) in [5.74, 6) is 0.792. The molecule has 2 aliphatic heterocycles. The summed E-state index contributed by atoms with van der Waals surface area (Å²) >= 11 is 0. The van der Waals surface area contributed by atoms with Crippen LogP contribution in [-0.4, -0.2) is 45.5 Å². The molecule has 0 amide bonds. The molecule has 5 heterocycles. The van der Waals surface area contributed by atoms with Crippen molar-refractivity contribution in [2.75, 3.05) is 31.1 Å². The van der Waals surface area contributed by atoms with Gasteiger partial charge < -0.3 is 19.4 Å². The molecule has 1 saturated heterocycles. The Labute approximate surface area is 187 Å². The minimum Gasteiger partial charge on any atom is -0.360 e. The molecule has 0 bridgehead atoms. The van der Waals surface area contributed by atoms with Gasteiger partial charge in [-0.2, -0.15) is 0 Å². The molecular weight excluding hydrogens is 400 g/mol. The molecule has 2 aliphatic rings. The lowest BCUT2D eigenvalue weighted by molar-refractivity contribution is 0.0424. The van der Waals surface area contributed by atoms with Gasteiger partial charge in [-0.05, 0) is 37.1 Å². The van der Waals surface area contributed by atoms with Gasteiger partial charge in [0.1, 0.15) is 11.8 Å². The molecule has 0 aliphatic carbocycles. The molecular formula is C25H26N6O. The predicted octanol–water partition coefficient (Wildman–Crippen LogP) is 3.69. The van der Waals surface area contributed by atoms with Gasteiger partial charge in [-0.3, -0.25) is 0 Å². The van der Waals surface area contributed by atoms with Crippen LogP contribution >= 0.6 is 0 Å². The van der Waals surface area contributed by atoms with Crippen LogP contribution in [0.15, 0.2) is 55.0 Å². The quantitative estimate of drug-likeness (QED) is 0.539. The lowest BCUT2D eigenvalue weighted by atomic mass is 10.00. The summed E-state index contributed by atoms with van der Waals surface area (Å²) in [6, 6.07) is 12.6. The molecule has 32 heavy (non-hydrogen) atoms. The molecule has 1 N–H and O–H groups in total. The summed E-state index contributed by atoms with van der Waals surface area (Å²) in [4.78, 5) is 16.3. The van der Waals surface area contributed by atoms with Crippen LogP contribution in [0.4, 0.5) is 5.95 Å². The Morgan fingerprint density at radius 2 is 1.72 bits per heavy atom. The lowest BCUT2D eigenvalue weighted by Gasteiger charge is -2.27. The number of nitrogens with one attached hydrogen (secondary N) is 1. The molecule has 0 saturated carbocycles. The highest BCUT2D eigenvalue weighted by atomic mass is 16.5. The fourth-order valence-electron chi connectivity index (χ4n) is 4.85. The number of benzene rings is 1. The van der Waals surface area contributed by atoms with Crippen molar-refractivity contribution >= 4 is 11.6 Å². The van der Waals surface area contributed by atoms with Gasteiger partial charge in [0, 0.05) is 55.9 Å². The number of hydrogen-bond donors (Lipinski definition) is 1. The largest absolute Gasteiger partial charge is 0.360 e. The van der Waals surface area contributed by atoms with Crippen molar-refractivity contribution in [1.82, 2.24) is 24.7 Å². The van der Waals surface area contributed by atoms with E-state index in [9.17, 15) is 0 Å². The number of ether oxygens (including phenoxy) is 1. The molecule has 0 spiro atoms. The maximum absolute atomic E-state index is 6.40. The van der Waals surface area contributed by atoms with Crippen LogP contribution in [0.3, 0.4) is 0 Å². The maximum atomic E-state index is 6.40. The second-order valence-electron chi connectivity index (χ2n) is 8.52. The monoisotopic (exact) mass is 426 g/mol. The van der Waals surface area contributed by atoms with Crippen LogP contribution in [0, 0.1) is 6.92 Å². The predicted molar refractivity (Wildman–Crippen MR) is 124 cm³/mol. The third-order valence-corrected chi connectivity index (χ3v) is 6.52. The second kappa shape index (κ2) is 7.69. The smallest absolute Gasteiger partial charge is 0.225 e. The Morgan fingerprint density at radius 1 is 0.969 bits per heavy atom. The summed E-state index contributed by atoms with van der Waals surface area (Å²) in [7, 11) is 0. The number of hydrogen-bond acceptors (Lipinski definition) is 6. The van der Waals surface area contributed by atoms with E-state index in [1.807, 2.05) is 12.4 Å². The SMILES string of the molecule is Cc1nc2ccc(-c3cnc(N4CCNCC4)nc3)cn2c1[C@H]1O[C@@H](C)c2ccccc21. The molecule has 162 valence electrons. The number of aromatic nitrogens is 4. The van der Waals surface area contributed by atoms with Crippen molar-refractivity contribution in [3.8, 4) is 11.1 Å². The van der Waals surface area contributed by atoms with E-state index in [0.717, 1.165) is 60.3 Å². The minimum atomic E-state index is -0.127. The topological polar surface area (TPSA) is 67.6 Å². The highest BCUT2D eigenvalue weighted by molar-refractivity contribution is 5.64. The third-order valence-electron chi connectivity index (χ3n) is 6.52. The van der Waals surface area contributed by atoms with Crippen molar-refractivity contribution in [2.45, 2.75) is 26.1 Å². The van der Waals surface area contributed by atoms with Gasteiger partial charge in [0.05, 0.1) is 17.5 Å². The molecule has 4 aromatic rings. The normalized spacial score (nSPS) is 20.6. The van der Waals surface area contributed by atoms with E-state index in [1.54, 1.807) is 0 Å². The number of fused-ring (bicyclic) bond motifs is 2. The molecule has 7 nitrogen and oxygen atoms in total. The Bertz CT molecular complexity index is 1280. The first kappa shape index (κ1) is 19.4. The van der Waals surface area contributed by atoms with Crippen LogP contribution in [-0.2, 0) is 4.74 Å². The summed E-state index contributed by atoms with van der Waals surface area (Å²) in [6.45, 7) is 7.97. The van der Waals surface area contributed by atoms with Gasteiger partial charge in [-0.25, -0.2) is 15.0 Å². The van der Waals surface area contributed by atoms with E-state index in [4.69, 9.17) is 9.72 Å². The van der Waals surface area contributed by atoms with Crippen LogP contribution < -0.4 is 10.2 Å². The summed E-state index contributed by atoms with van der Waals surface area (Å²) in [5.41, 5.74) is 7.50. The van der Waals surface area contributed by atoms with E-state index in [2.05, 4.69) is 81.0 Å². The first-order valence-corrected chi connectivity index (χ1v) is 11.2. The van der Waals surface area contributed by atoms with E-state index < -0.39 is 0 Å². The average molecular weight is 427 g/mol. The molecule has 7 heteroatoms. The van der Waals surface area contributed by atoms with Crippen molar-refractivity contribution in [3.63, 3.8) is 0 Å².